The number of phenols is 1. The normalized spacial score (nSPS) is 24.8. The van der Waals surface area contributed by atoms with Crippen LogP contribution in [0.1, 0.15) is 32.7 Å². The van der Waals surface area contributed by atoms with E-state index < -0.39 is 58.0 Å². The number of aliphatic hydroxyl groups is 3. The Labute approximate surface area is 254 Å². The van der Waals surface area contributed by atoms with Gasteiger partial charge in [0.25, 0.3) is 11.8 Å². The molecule has 44 heavy (non-hydrogen) atoms. The number of Topliss-reactive ketones (excluding diaryl/α,β-unsaturated/α-hetero) is 2. The largest absolute Gasteiger partial charge is 0.510 e. The summed E-state index contributed by atoms with van der Waals surface area (Å²) in [6.45, 7) is 1.17. The first-order chi connectivity index (χ1) is 20.7. The van der Waals surface area contributed by atoms with Crippen molar-refractivity contribution in [2.24, 2.45) is 17.6 Å². The number of nitrogens with two attached hydrogens (primary N) is 1. The van der Waals surface area contributed by atoms with E-state index in [4.69, 9.17) is 5.73 Å². The maximum atomic E-state index is 14.0. The lowest BCUT2D eigenvalue weighted by atomic mass is 9.58. The van der Waals surface area contributed by atoms with Gasteiger partial charge in [0.2, 0.25) is 5.78 Å². The Morgan fingerprint density at radius 1 is 1.02 bits per heavy atom. The number of rotatable bonds is 7. The minimum atomic E-state index is -2.69. The molecule has 232 valence electrons. The van der Waals surface area contributed by atoms with Crippen molar-refractivity contribution in [3.8, 4) is 16.9 Å². The van der Waals surface area contributed by atoms with Gasteiger partial charge in [-0.25, -0.2) is 0 Å². The Morgan fingerprint density at radius 3 is 2.27 bits per heavy atom. The van der Waals surface area contributed by atoms with Gasteiger partial charge in [-0.3, -0.25) is 24.1 Å². The average molecular weight is 605 g/mol. The molecule has 3 aliphatic carbocycles. The predicted molar refractivity (Wildman–Crippen MR) is 160 cm³/mol. The van der Waals surface area contributed by atoms with E-state index in [1.165, 1.54) is 11.0 Å². The number of hydrogen-bond acceptors (Lipinski definition) is 10. The molecule has 0 bridgehead atoms. The molecule has 0 aliphatic heterocycles. The molecule has 12 heteroatoms. The summed E-state index contributed by atoms with van der Waals surface area (Å²) in [4.78, 5) is 55.6. The zero-order valence-corrected chi connectivity index (χ0v) is 24.9. The second-order valence-corrected chi connectivity index (χ2v) is 12.1. The van der Waals surface area contributed by atoms with Gasteiger partial charge < -0.3 is 36.4 Å². The van der Waals surface area contributed by atoms with Crippen LogP contribution in [0.2, 0.25) is 0 Å². The van der Waals surface area contributed by atoms with Gasteiger partial charge in [0.05, 0.1) is 11.6 Å². The third-order valence-corrected chi connectivity index (χ3v) is 8.91. The van der Waals surface area contributed by atoms with Gasteiger partial charge in [0.1, 0.15) is 22.8 Å². The number of hydrogen-bond donors (Lipinski definition) is 6. The van der Waals surface area contributed by atoms with Gasteiger partial charge in [-0.15, -0.1) is 0 Å². The van der Waals surface area contributed by atoms with E-state index in [1.807, 2.05) is 19.0 Å². The Kier molecular flexibility index (Phi) is 7.87. The maximum Gasteiger partial charge on any atom is 0.255 e. The highest BCUT2D eigenvalue weighted by Gasteiger charge is 2.63. The molecule has 2 aromatic rings. The molecule has 3 aliphatic rings. The average Bonchev–Trinajstić information content (AvgIpc) is 2.94. The number of phenolic OH excluding ortho intramolecular Hbond substituents is 1. The van der Waals surface area contributed by atoms with E-state index in [9.17, 15) is 39.6 Å². The van der Waals surface area contributed by atoms with Crippen LogP contribution in [0.4, 0.5) is 0 Å². The molecule has 2 aromatic carbocycles. The summed E-state index contributed by atoms with van der Waals surface area (Å²) >= 11 is 0. The molecule has 12 nitrogen and oxygen atoms in total. The topological polar surface area (TPSA) is 194 Å². The number of aliphatic hydroxyl groups excluding tert-OH is 2. The molecule has 0 heterocycles. The van der Waals surface area contributed by atoms with Crippen molar-refractivity contribution in [2.45, 2.75) is 24.5 Å². The number of nitrogens with zero attached hydrogens (tertiary/aromatic N) is 2. The van der Waals surface area contributed by atoms with Crippen LogP contribution in [-0.4, -0.2) is 107 Å². The molecule has 7 N–H and O–H groups in total. The van der Waals surface area contributed by atoms with Gasteiger partial charge in [-0.1, -0.05) is 18.2 Å². The quantitative estimate of drug-likeness (QED) is 0.249. The number of benzene rings is 2. The van der Waals surface area contributed by atoms with Gasteiger partial charge in [0, 0.05) is 30.1 Å². The van der Waals surface area contributed by atoms with E-state index in [-0.39, 0.29) is 35.6 Å². The van der Waals surface area contributed by atoms with Crippen molar-refractivity contribution >= 4 is 23.4 Å². The number of carbonyl (C=O) groups excluding carboxylic acids is 4. The number of allylic oxidation sites excluding steroid dienone is 1. The fourth-order valence-corrected chi connectivity index (χ4v) is 6.82. The Morgan fingerprint density at radius 2 is 1.68 bits per heavy atom. The van der Waals surface area contributed by atoms with Gasteiger partial charge in [-0.05, 0) is 81.8 Å². The highest BCUT2D eigenvalue weighted by Crippen LogP contribution is 2.53. The minimum Gasteiger partial charge on any atom is -0.510 e. The molecule has 0 radical (unpaired) electrons. The Hall–Kier alpha value is -4.52. The fraction of sp³-hybridized carbons (Fsp3) is 0.375. The number of ketones is 2. The SMILES string of the molecule is CN(C)CCNC(=O)c1ccc(-c2ccc(O)c3c2C[C@@H]2C[C@@H]4[C@@H](N(C)C)C(O)=C(C(N)=O)C(=O)[C@@]4(O)C(O)=C2C3=O)cc1. The first-order valence-electron chi connectivity index (χ1n) is 14.2. The summed E-state index contributed by atoms with van der Waals surface area (Å²) in [7, 11) is 6.98. The smallest absolute Gasteiger partial charge is 0.255 e. The molecule has 0 aromatic heterocycles. The molecule has 4 atom stereocenters. The van der Waals surface area contributed by atoms with Crippen LogP contribution in [0.5, 0.6) is 5.75 Å². The van der Waals surface area contributed by atoms with Gasteiger partial charge in [-0.2, -0.15) is 0 Å². The van der Waals surface area contributed by atoms with Crippen LogP contribution in [0.15, 0.2) is 59.1 Å². The van der Waals surface area contributed by atoms with E-state index in [0.717, 1.165) is 0 Å². The number of nitrogens with one attached hydrogen (secondary N) is 1. The van der Waals surface area contributed by atoms with Crippen LogP contribution < -0.4 is 11.1 Å². The van der Waals surface area contributed by atoms with E-state index in [0.29, 0.717) is 35.3 Å². The first kappa shape index (κ1) is 30.9. The number of primary amides is 1. The molecule has 0 fully saturated rings. The van der Waals surface area contributed by atoms with Crippen molar-refractivity contribution in [2.75, 3.05) is 41.3 Å². The zero-order chi connectivity index (χ0) is 32.2. The number of amides is 2. The van der Waals surface area contributed by atoms with Crippen molar-refractivity contribution in [1.82, 2.24) is 15.1 Å². The zero-order valence-electron chi connectivity index (χ0n) is 24.9. The van der Waals surface area contributed by atoms with Crippen LogP contribution >= 0.6 is 0 Å². The second-order valence-electron chi connectivity index (χ2n) is 12.1. The summed E-state index contributed by atoms with van der Waals surface area (Å²) < 4.78 is 0. The van der Waals surface area contributed by atoms with Crippen molar-refractivity contribution in [3.63, 3.8) is 0 Å². The van der Waals surface area contributed by atoms with E-state index in [2.05, 4.69) is 5.32 Å². The van der Waals surface area contributed by atoms with Crippen LogP contribution in [-0.2, 0) is 16.0 Å². The molecule has 0 saturated heterocycles. The Bertz CT molecular complexity index is 1640. The lowest BCUT2D eigenvalue weighted by molar-refractivity contribution is -0.148. The van der Waals surface area contributed by atoms with Crippen molar-refractivity contribution < 1.29 is 39.6 Å². The van der Waals surface area contributed by atoms with Crippen molar-refractivity contribution in [3.05, 3.63) is 75.8 Å². The standard InChI is InChI=1S/C32H36N4O8/c1-35(2)12-11-34-31(43)16-7-5-15(6-8-16)18-9-10-21(37)23-19(18)13-17-14-20-25(36(3)4)27(39)24(30(33)42)29(41)32(20,44)28(40)22(17)26(23)38/h5-10,17,20,25,37,39-40,44H,11-14H2,1-4H3,(H2,33,42)(H,34,43)/t17-,20-,25-,32+/m1/s1. The summed E-state index contributed by atoms with van der Waals surface area (Å²) in [5, 5.41) is 47.8. The summed E-state index contributed by atoms with van der Waals surface area (Å²) in [6.07, 6.45) is 0.151. The van der Waals surface area contributed by atoms with Crippen molar-refractivity contribution in [1.29, 1.82) is 0 Å². The third kappa shape index (κ3) is 4.75. The monoisotopic (exact) mass is 604 g/mol. The molecule has 0 spiro atoms. The van der Waals surface area contributed by atoms with E-state index >= 15 is 0 Å². The number of fused-ring (bicyclic) bond motifs is 3. The van der Waals surface area contributed by atoms with Gasteiger partial charge in [0.15, 0.2) is 11.4 Å². The highest BCUT2D eigenvalue weighted by molar-refractivity contribution is 6.25. The lowest BCUT2D eigenvalue weighted by Crippen LogP contribution is -2.63. The fourth-order valence-electron chi connectivity index (χ4n) is 6.82. The number of carbonyl (C=O) groups is 4. The summed E-state index contributed by atoms with van der Waals surface area (Å²) in [5.41, 5.74) is 3.83. The van der Waals surface area contributed by atoms with Crippen LogP contribution in [0.3, 0.4) is 0 Å². The Balaban J connectivity index is 1.56. The number of aromatic hydroxyl groups is 1. The first-order valence-corrected chi connectivity index (χ1v) is 14.2. The predicted octanol–water partition coefficient (Wildman–Crippen LogP) is 1.08. The molecule has 0 unspecified atom stereocenters. The molecule has 0 saturated carbocycles. The van der Waals surface area contributed by atoms with Crippen LogP contribution in [0, 0.1) is 11.8 Å². The molecule has 5 rings (SSSR count). The molecular weight excluding hydrogens is 568 g/mol. The third-order valence-electron chi connectivity index (χ3n) is 8.91. The summed E-state index contributed by atoms with van der Waals surface area (Å²) in [6, 6.07) is 8.78. The maximum absolute atomic E-state index is 14.0. The highest BCUT2D eigenvalue weighted by atomic mass is 16.3. The lowest BCUT2D eigenvalue weighted by Gasteiger charge is -2.50. The molecular formula is C32H36N4O8. The summed E-state index contributed by atoms with van der Waals surface area (Å²) in [5.74, 6) is -7.21. The minimum absolute atomic E-state index is 0.00703. The second kappa shape index (κ2) is 11.2. The molecule has 2 amide bonds. The van der Waals surface area contributed by atoms with Gasteiger partial charge >= 0.3 is 0 Å². The van der Waals surface area contributed by atoms with E-state index in [1.54, 1.807) is 44.4 Å². The van der Waals surface area contributed by atoms with Crippen LogP contribution in [0.25, 0.3) is 11.1 Å². The number of likely N-dealkylation sites (N-methyl/N-ethyl adjacent to an activating group) is 2.